The lowest BCUT2D eigenvalue weighted by atomic mass is 9.91. The number of hydrogen-bond donors (Lipinski definition) is 2. The monoisotopic (exact) mass is 288 g/mol. The van der Waals surface area contributed by atoms with Crippen LogP contribution >= 0.6 is 0 Å². The molecule has 1 atom stereocenters. The van der Waals surface area contributed by atoms with Gasteiger partial charge in [0.25, 0.3) is 5.91 Å². The van der Waals surface area contributed by atoms with E-state index in [-0.39, 0.29) is 5.91 Å². The fraction of sp³-hybridized carbons (Fsp3) is 0.500. The number of nitrogens with two attached hydrogens (primary N) is 1. The number of benzene rings is 1. The van der Waals surface area contributed by atoms with Crippen LogP contribution in [0, 0.1) is 5.92 Å². The van der Waals surface area contributed by atoms with Gasteiger partial charge in [0.05, 0.1) is 6.54 Å². The topological polar surface area (TPSA) is 70.7 Å². The van der Waals surface area contributed by atoms with E-state index in [1.54, 1.807) is 4.90 Å². The number of guanidine groups is 1. The average Bonchev–Trinajstić information content (AvgIpc) is 2.62. The summed E-state index contributed by atoms with van der Waals surface area (Å²) < 4.78 is 0. The third kappa shape index (κ3) is 3.17. The molecule has 21 heavy (non-hydrogen) atoms. The second-order valence-electron chi connectivity index (χ2n) is 6.18. The molecule has 0 aliphatic carbocycles. The maximum absolute atomic E-state index is 12.6. The van der Waals surface area contributed by atoms with Crippen LogP contribution in [0.3, 0.4) is 0 Å². The zero-order valence-corrected chi connectivity index (χ0v) is 13.2. The van der Waals surface area contributed by atoms with Gasteiger partial charge in [0.2, 0.25) is 0 Å². The maximum atomic E-state index is 12.6. The van der Waals surface area contributed by atoms with Crippen molar-refractivity contribution in [2.75, 3.05) is 12.4 Å². The molecule has 1 aliphatic heterocycles. The Kier molecular flexibility index (Phi) is 4.21. The maximum Gasteiger partial charge on any atom is 0.257 e. The van der Waals surface area contributed by atoms with Crippen LogP contribution in [0.5, 0.6) is 0 Å². The highest BCUT2D eigenvalue weighted by molar-refractivity contribution is 6.06. The zero-order chi connectivity index (χ0) is 15.6. The van der Waals surface area contributed by atoms with Crippen LogP contribution in [-0.4, -0.2) is 29.4 Å². The number of hydrogen-bond acceptors (Lipinski definition) is 4. The second kappa shape index (κ2) is 5.76. The van der Waals surface area contributed by atoms with Crippen LogP contribution in [0.15, 0.2) is 29.3 Å². The molecule has 1 aromatic rings. The summed E-state index contributed by atoms with van der Waals surface area (Å²) in [6, 6.07) is 7.95. The Hall–Kier alpha value is -2.04. The zero-order valence-electron chi connectivity index (χ0n) is 13.2. The van der Waals surface area contributed by atoms with E-state index in [0.29, 0.717) is 24.8 Å². The highest BCUT2D eigenvalue weighted by Gasteiger charge is 2.43. The first-order valence-electron chi connectivity index (χ1n) is 7.29. The van der Waals surface area contributed by atoms with Crippen molar-refractivity contribution >= 4 is 17.6 Å². The molecule has 1 unspecified atom stereocenters. The number of nitrogens with one attached hydrogen (secondary N) is 1. The molecule has 5 nitrogen and oxygen atoms in total. The van der Waals surface area contributed by atoms with E-state index in [9.17, 15) is 4.79 Å². The first-order chi connectivity index (χ1) is 9.85. The smallest absolute Gasteiger partial charge is 0.257 e. The van der Waals surface area contributed by atoms with Gasteiger partial charge in [0.15, 0.2) is 5.96 Å². The first-order valence-corrected chi connectivity index (χ1v) is 7.29. The van der Waals surface area contributed by atoms with Crippen molar-refractivity contribution in [1.82, 2.24) is 4.90 Å². The predicted octanol–water partition coefficient (Wildman–Crippen LogP) is 2.19. The standard InChI is InChI=1S/C16H24N4O/c1-11(2)9-16(3)14(21)20(15(17)19-16)10-12-5-7-13(18-4)8-6-12/h5-8,11,18H,9-10H2,1-4H3,(H2,17,19). The molecule has 1 heterocycles. The molecule has 0 aromatic heterocycles. The van der Waals surface area contributed by atoms with Gasteiger partial charge < -0.3 is 11.1 Å². The summed E-state index contributed by atoms with van der Waals surface area (Å²) in [6.07, 6.45) is 0.710. The van der Waals surface area contributed by atoms with Gasteiger partial charge in [-0.2, -0.15) is 0 Å². The molecule has 0 saturated heterocycles. The van der Waals surface area contributed by atoms with Gasteiger partial charge in [-0.15, -0.1) is 0 Å². The Labute approximate surface area is 126 Å². The van der Waals surface area contributed by atoms with E-state index >= 15 is 0 Å². The Morgan fingerprint density at radius 3 is 2.48 bits per heavy atom. The van der Waals surface area contributed by atoms with E-state index in [4.69, 9.17) is 5.73 Å². The molecule has 0 fully saturated rings. The molecule has 0 spiro atoms. The molecule has 0 saturated carbocycles. The highest BCUT2D eigenvalue weighted by Crippen LogP contribution is 2.29. The Bertz CT molecular complexity index is 550. The molecular weight excluding hydrogens is 264 g/mol. The van der Waals surface area contributed by atoms with Gasteiger partial charge in [-0.25, -0.2) is 4.99 Å². The van der Waals surface area contributed by atoms with E-state index in [1.165, 1.54) is 0 Å². The van der Waals surface area contributed by atoms with Crippen molar-refractivity contribution in [2.45, 2.75) is 39.3 Å². The third-order valence-electron chi connectivity index (χ3n) is 3.73. The molecule has 0 bridgehead atoms. The van der Waals surface area contributed by atoms with Crippen LogP contribution in [0.25, 0.3) is 0 Å². The molecule has 0 radical (unpaired) electrons. The first kappa shape index (κ1) is 15.4. The molecule has 114 valence electrons. The third-order valence-corrected chi connectivity index (χ3v) is 3.73. The van der Waals surface area contributed by atoms with Crippen LogP contribution < -0.4 is 11.1 Å². The van der Waals surface area contributed by atoms with Crippen LogP contribution in [0.4, 0.5) is 5.69 Å². The SMILES string of the molecule is CNc1ccc(CN2C(=O)C(C)(CC(C)C)N=C2N)cc1. The van der Waals surface area contributed by atoms with Gasteiger partial charge in [0, 0.05) is 12.7 Å². The summed E-state index contributed by atoms with van der Waals surface area (Å²) in [4.78, 5) is 18.6. The molecule has 1 aromatic carbocycles. The van der Waals surface area contributed by atoms with E-state index in [2.05, 4.69) is 24.2 Å². The van der Waals surface area contributed by atoms with E-state index in [1.807, 2.05) is 38.2 Å². The van der Waals surface area contributed by atoms with Crippen LogP contribution in [-0.2, 0) is 11.3 Å². The molecule has 1 aliphatic rings. The number of nitrogens with zero attached hydrogens (tertiary/aromatic N) is 2. The minimum Gasteiger partial charge on any atom is -0.388 e. The fourth-order valence-electron chi connectivity index (χ4n) is 2.80. The van der Waals surface area contributed by atoms with Crippen molar-refractivity contribution in [1.29, 1.82) is 0 Å². The van der Waals surface area contributed by atoms with Crippen molar-refractivity contribution in [3.05, 3.63) is 29.8 Å². The number of carbonyl (C=O) groups is 1. The minimum absolute atomic E-state index is 0.00797. The molecule has 3 N–H and O–H groups in total. The van der Waals surface area contributed by atoms with Crippen molar-refractivity contribution in [3.63, 3.8) is 0 Å². The van der Waals surface area contributed by atoms with Gasteiger partial charge in [-0.05, 0) is 37.0 Å². The summed E-state index contributed by atoms with van der Waals surface area (Å²) in [5, 5.41) is 3.07. The number of anilines is 1. The Morgan fingerprint density at radius 2 is 1.95 bits per heavy atom. The van der Waals surface area contributed by atoms with E-state index in [0.717, 1.165) is 11.3 Å². The molecule has 2 rings (SSSR count). The number of carbonyl (C=O) groups excluding carboxylic acids is 1. The number of amides is 1. The van der Waals surface area contributed by atoms with Crippen molar-refractivity contribution in [2.24, 2.45) is 16.6 Å². The van der Waals surface area contributed by atoms with Gasteiger partial charge in [0.1, 0.15) is 5.54 Å². The quantitative estimate of drug-likeness (QED) is 0.872. The van der Waals surface area contributed by atoms with Crippen LogP contribution in [0.2, 0.25) is 0 Å². The largest absolute Gasteiger partial charge is 0.388 e. The van der Waals surface area contributed by atoms with Crippen molar-refractivity contribution < 1.29 is 4.79 Å². The van der Waals surface area contributed by atoms with Gasteiger partial charge >= 0.3 is 0 Å². The lowest BCUT2D eigenvalue weighted by Crippen LogP contribution is -2.43. The predicted molar refractivity (Wildman–Crippen MR) is 86.0 cm³/mol. The number of rotatable bonds is 5. The normalized spacial score (nSPS) is 21.9. The van der Waals surface area contributed by atoms with Gasteiger partial charge in [-0.1, -0.05) is 26.0 Å². The lowest BCUT2D eigenvalue weighted by Gasteiger charge is -2.23. The molecule has 5 heteroatoms. The molecular formula is C16H24N4O. The van der Waals surface area contributed by atoms with E-state index < -0.39 is 5.54 Å². The summed E-state index contributed by atoms with van der Waals surface area (Å²) in [5.41, 5.74) is 7.32. The Balaban J connectivity index is 2.14. The average molecular weight is 288 g/mol. The highest BCUT2D eigenvalue weighted by atomic mass is 16.2. The Morgan fingerprint density at radius 1 is 1.33 bits per heavy atom. The lowest BCUT2D eigenvalue weighted by molar-refractivity contribution is -0.131. The number of aliphatic imine (C=N–C) groups is 1. The van der Waals surface area contributed by atoms with Crippen molar-refractivity contribution in [3.8, 4) is 0 Å². The summed E-state index contributed by atoms with van der Waals surface area (Å²) >= 11 is 0. The summed E-state index contributed by atoms with van der Waals surface area (Å²) in [7, 11) is 1.88. The van der Waals surface area contributed by atoms with Crippen LogP contribution in [0.1, 0.15) is 32.8 Å². The second-order valence-corrected chi connectivity index (χ2v) is 6.18. The summed E-state index contributed by atoms with van der Waals surface area (Å²) in [6.45, 7) is 6.50. The summed E-state index contributed by atoms with van der Waals surface area (Å²) in [5.74, 6) is 0.706. The fourth-order valence-corrected chi connectivity index (χ4v) is 2.80. The van der Waals surface area contributed by atoms with Gasteiger partial charge in [-0.3, -0.25) is 9.69 Å². The minimum atomic E-state index is -0.719. The molecule has 1 amide bonds.